The molecule has 3 N–H and O–H groups in total. The third kappa shape index (κ3) is 3.53. The highest BCUT2D eigenvalue weighted by molar-refractivity contribution is 6.07. The van der Waals surface area contributed by atoms with Crippen LogP contribution < -0.4 is 20.3 Å². The third-order valence-electron chi connectivity index (χ3n) is 6.88. The molecule has 1 atom stereocenters. The van der Waals surface area contributed by atoms with Crippen LogP contribution >= 0.6 is 0 Å². The molecular formula is C25H19F3N6O4. The fourth-order valence-corrected chi connectivity index (χ4v) is 5.16. The number of methoxy groups -OCH3 is 1. The lowest BCUT2D eigenvalue weighted by molar-refractivity contribution is -0.124. The topological polar surface area (TPSA) is 130 Å². The number of halogens is 3. The standard InChI is InChI=1S/C25H19F3N6O4/c1-38-24-30-20-14(21(31-24)34-6-2-5-25(10-34)22(36)32-23(37)33-25)9-29-19(18(20)28)13-8-12(35)7-11-3-4-15(26)17(27)16(11)13/h3-4,7-9,35H,2,5-6,10H2,1H3,(H2,32,33,36,37). The number of ether oxygens (including phenoxy) is 1. The predicted octanol–water partition coefficient (Wildman–Crippen LogP) is 3.15. The van der Waals surface area contributed by atoms with E-state index in [1.54, 1.807) is 4.90 Å². The number of imide groups is 1. The zero-order valence-corrected chi connectivity index (χ0v) is 19.8. The van der Waals surface area contributed by atoms with Gasteiger partial charge < -0.3 is 20.1 Å². The van der Waals surface area contributed by atoms with Gasteiger partial charge in [-0.2, -0.15) is 9.97 Å². The number of hydrogen-bond acceptors (Lipinski definition) is 8. The summed E-state index contributed by atoms with van der Waals surface area (Å²) in [7, 11) is 1.30. The van der Waals surface area contributed by atoms with Crippen molar-refractivity contribution in [2.75, 3.05) is 25.1 Å². The van der Waals surface area contributed by atoms with Crippen LogP contribution in [0, 0.1) is 17.5 Å². The van der Waals surface area contributed by atoms with Gasteiger partial charge in [-0.25, -0.2) is 18.0 Å². The van der Waals surface area contributed by atoms with Crippen LogP contribution in [0.1, 0.15) is 12.8 Å². The first-order chi connectivity index (χ1) is 18.2. The van der Waals surface area contributed by atoms with Gasteiger partial charge in [0.15, 0.2) is 17.5 Å². The molecule has 1 unspecified atom stereocenters. The summed E-state index contributed by atoms with van der Waals surface area (Å²) in [6.07, 6.45) is 2.21. The van der Waals surface area contributed by atoms with Crippen molar-refractivity contribution < 1.29 is 32.6 Å². The molecule has 10 nitrogen and oxygen atoms in total. The molecule has 6 rings (SSSR count). The van der Waals surface area contributed by atoms with Gasteiger partial charge in [0.05, 0.1) is 19.0 Å². The monoisotopic (exact) mass is 524 g/mol. The maximum absolute atomic E-state index is 16.1. The number of fused-ring (bicyclic) bond motifs is 2. The Morgan fingerprint density at radius 3 is 2.68 bits per heavy atom. The van der Waals surface area contributed by atoms with Gasteiger partial charge in [-0.15, -0.1) is 0 Å². The van der Waals surface area contributed by atoms with Gasteiger partial charge in [0, 0.05) is 23.7 Å². The zero-order chi connectivity index (χ0) is 26.8. The first-order valence-corrected chi connectivity index (χ1v) is 11.6. The summed E-state index contributed by atoms with van der Waals surface area (Å²) in [6.45, 7) is 0.496. The number of aromatic nitrogens is 3. The van der Waals surface area contributed by atoms with Crippen LogP contribution in [-0.4, -0.2) is 57.7 Å². The van der Waals surface area contributed by atoms with Crippen LogP contribution in [0.2, 0.25) is 0 Å². The van der Waals surface area contributed by atoms with Gasteiger partial charge in [0.2, 0.25) is 0 Å². The van der Waals surface area contributed by atoms with E-state index in [0.29, 0.717) is 19.4 Å². The van der Waals surface area contributed by atoms with Gasteiger partial charge >= 0.3 is 12.0 Å². The molecule has 2 aromatic heterocycles. The van der Waals surface area contributed by atoms with Crippen molar-refractivity contribution in [3.8, 4) is 23.0 Å². The van der Waals surface area contributed by atoms with E-state index >= 15 is 4.39 Å². The number of piperidine rings is 1. The van der Waals surface area contributed by atoms with Crippen molar-refractivity contribution in [1.29, 1.82) is 0 Å². The second kappa shape index (κ2) is 8.43. The molecule has 0 bridgehead atoms. The van der Waals surface area contributed by atoms with Crippen molar-refractivity contribution in [2.24, 2.45) is 0 Å². The molecular weight excluding hydrogens is 505 g/mol. The average Bonchev–Trinajstić information content (AvgIpc) is 3.16. The molecule has 0 aliphatic carbocycles. The molecule has 2 saturated heterocycles. The third-order valence-corrected chi connectivity index (χ3v) is 6.88. The summed E-state index contributed by atoms with van der Waals surface area (Å²) in [5, 5.41) is 15.2. The molecule has 2 fully saturated rings. The molecule has 38 heavy (non-hydrogen) atoms. The second-order valence-corrected chi connectivity index (χ2v) is 9.19. The van der Waals surface area contributed by atoms with E-state index in [9.17, 15) is 23.5 Å². The van der Waals surface area contributed by atoms with E-state index in [2.05, 4.69) is 25.6 Å². The lowest BCUT2D eigenvalue weighted by atomic mass is 9.89. The van der Waals surface area contributed by atoms with Crippen LogP contribution in [0.5, 0.6) is 11.8 Å². The Hall–Kier alpha value is -4.68. The van der Waals surface area contributed by atoms with Crippen LogP contribution in [-0.2, 0) is 4.79 Å². The van der Waals surface area contributed by atoms with Gasteiger partial charge in [-0.05, 0) is 36.4 Å². The first kappa shape index (κ1) is 23.7. The fraction of sp³-hybridized carbons (Fsp3) is 0.240. The SMILES string of the molecule is COc1nc(N2CCCC3(C2)NC(=O)NC3=O)c2cnc(-c3cc(O)cc4ccc(F)c(F)c34)c(F)c2n1. The van der Waals surface area contributed by atoms with Gasteiger partial charge in [0.1, 0.15) is 28.3 Å². The number of aromatic hydroxyl groups is 1. The first-order valence-electron chi connectivity index (χ1n) is 11.6. The number of carbonyl (C=O) groups is 2. The molecule has 13 heteroatoms. The van der Waals surface area contributed by atoms with Crippen LogP contribution in [0.25, 0.3) is 32.9 Å². The van der Waals surface area contributed by atoms with Crippen molar-refractivity contribution in [3.05, 3.63) is 47.9 Å². The van der Waals surface area contributed by atoms with E-state index in [4.69, 9.17) is 4.74 Å². The van der Waals surface area contributed by atoms with Crippen LogP contribution in [0.3, 0.4) is 0 Å². The van der Waals surface area contributed by atoms with E-state index < -0.39 is 34.9 Å². The normalized spacial score (nSPS) is 19.3. The maximum atomic E-state index is 16.1. The molecule has 194 valence electrons. The van der Waals surface area contributed by atoms with E-state index in [1.165, 1.54) is 25.4 Å². The molecule has 2 aromatic carbocycles. The van der Waals surface area contributed by atoms with Crippen molar-refractivity contribution in [1.82, 2.24) is 25.6 Å². The van der Waals surface area contributed by atoms with Crippen LogP contribution in [0.15, 0.2) is 30.5 Å². The number of benzene rings is 2. The number of anilines is 1. The Labute approximate surface area is 212 Å². The van der Waals surface area contributed by atoms with Crippen LogP contribution in [0.4, 0.5) is 23.8 Å². The lowest BCUT2D eigenvalue weighted by Gasteiger charge is -2.38. The van der Waals surface area contributed by atoms with Crippen molar-refractivity contribution >= 4 is 39.4 Å². The number of phenols is 1. The molecule has 2 aliphatic heterocycles. The molecule has 0 saturated carbocycles. The number of hydrogen-bond donors (Lipinski definition) is 3. The summed E-state index contributed by atoms with van der Waals surface area (Å²) in [4.78, 5) is 38.8. The fourth-order valence-electron chi connectivity index (χ4n) is 5.16. The second-order valence-electron chi connectivity index (χ2n) is 9.19. The summed E-state index contributed by atoms with van der Waals surface area (Å²) >= 11 is 0. The van der Waals surface area contributed by atoms with E-state index in [1.807, 2.05) is 0 Å². The number of pyridine rings is 1. The molecule has 4 heterocycles. The van der Waals surface area contributed by atoms with Gasteiger partial charge in [-0.1, -0.05) is 6.07 Å². The number of phenolic OH excluding ortho intramolecular Hbond substituents is 1. The van der Waals surface area contributed by atoms with Crippen molar-refractivity contribution in [2.45, 2.75) is 18.4 Å². The maximum Gasteiger partial charge on any atom is 0.322 e. The molecule has 0 radical (unpaired) electrons. The lowest BCUT2D eigenvalue weighted by Crippen LogP contribution is -2.58. The Kier molecular flexibility index (Phi) is 5.26. The highest BCUT2D eigenvalue weighted by Gasteiger charge is 2.49. The number of nitrogens with one attached hydrogen (secondary N) is 2. The average molecular weight is 524 g/mol. The number of amides is 3. The molecule has 2 aliphatic rings. The van der Waals surface area contributed by atoms with Gasteiger partial charge in [-0.3, -0.25) is 15.1 Å². The number of rotatable bonds is 3. The highest BCUT2D eigenvalue weighted by Crippen LogP contribution is 2.39. The Morgan fingerprint density at radius 1 is 1.13 bits per heavy atom. The molecule has 1 spiro atoms. The van der Waals surface area contributed by atoms with E-state index in [0.717, 1.165) is 12.1 Å². The summed E-state index contributed by atoms with van der Waals surface area (Å²) < 4.78 is 50.2. The van der Waals surface area contributed by atoms with Crippen molar-refractivity contribution in [3.63, 3.8) is 0 Å². The largest absolute Gasteiger partial charge is 0.508 e. The zero-order valence-electron chi connectivity index (χ0n) is 19.8. The molecule has 4 aromatic rings. The minimum Gasteiger partial charge on any atom is -0.508 e. The van der Waals surface area contributed by atoms with E-state index in [-0.39, 0.29) is 57.1 Å². The summed E-state index contributed by atoms with van der Waals surface area (Å²) in [6, 6.07) is 3.73. The summed E-state index contributed by atoms with van der Waals surface area (Å²) in [5.74, 6) is -3.87. The quantitative estimate of drug-likeness (QED) is 0.349. The summed E-state index contributed by atoms with van der Waals surface area (Å²) in [5.41, 5.74) is -1.93. The minimum atomic E-state index is -1.21. The smallest absolute Gasteiger partial charge is 0.322 e. The number of urea groups is 1. The van der Waals surface area contributed by atoms with Gasteiger partial charge in [0.25, 0.3) is 5.91 Å². The number of nitrogens with zero attached hydrogens (tertiary/aromatic N) is 4. The molecule has 3 amide bonds. The number of carbonyl (C=O) groups excluding carboxylic acids is 2. The highest BCUT2D eigenvalue weighted by atomic mass is 19.2. The Morgan fingerprint density at radius 2 is 1.95 bits per heavy atom. The Balaban J connectivity index is 1.54. The minimum absolute atomic E-state index is 0.0604. The predicted molar refractivity (Wildman–Crippen MR) is 129 cm³/mol. The Bertz CT molecular complexity index is 1680.